The summed E-state index contributed by atoms with van der Waals surface area (Å²) in [7, 11) is -11.2. The minimum atomic E-state index is -2.79. The summed E-state index contributed by atoms with van der Waals surface area (Å²) in [6.07, 6.45) is 7.50. The quantitative estimate of drug-likeness (QED) is 0.0227. The van der Waals surface area contributed by atoms with Crippen LogP contribution >= 0.6 is 0 Å². The van der Waals surface area contributed by atoms with Crippen molar-refractivity contribution in [3.63, 3.8) is 0 Å². The van der Waals surface area contributed by atoms with Crippen molar-refractivity contribution in [3.8, 4) is 0 Å². The van der Waals surface area contributed by atoms with Gasteiger partial charge in [-0.15, -0.1) is 0 Å². The highest BCUT2D eigenvalue weighted by molar-refractivity contribution is 6.61. The molecule has 8 N–H and O–H groups in total. The second-order valence-electron chi connectivity index (χ2n) is 19.9. The molecule has 0 aliphatic heterocycles. The van der Waals surface area contributed by atoms with Crippen LogP contribution in [0.25, 0.3) is 0 Å². The lowest BCUT2D eigenvalue weighted by Crippen LogP contribution is -2.46. The Hall–Kier alpha value is -2.61. The van der Waals surface area contributed by atoms with E-state index in [1.807, 2.05) is 83.1 Å². The lowest BCUT2D eigenvalue weighted by Gasteiger charge is -2.28. The van der Waals surface area contributed by atoms with E-state index in [9.17, 15) is 19.2 Å². The molecule has 0 unspecified atom stereocenters. The summed E-state index contributed by atoms with van der Waals surface area (Å²) in [5.41, 5.74) is 0. The molecule has 30 heteroatoms. The predicted molar refractivity (Wildman–Crippen MR) is 346 cm³/mol. The summed E-state index contributed by atoms with van der Waals surface area (Å²) in [5.74, 6) is 0. The van der Waals surface area contributed by atoms with Crippen LogP contribution in [0, 0.1) is 0 Å². The minimum Gasteiger partial charge on any atom is -0.374 e. The Kier molecular flexibility index (Phi) is 53.6. The van der Waals surface area contributed by atoms with Crippen molar-refractivity contribution in [2.24, 2.45) is 0 Å². The van der Waals surface area contributed by atoms with Crippen molar-refractivity contribution in [1.29, 1.82) is 0 Å². The molecule has 86 heavy (non-hydrogen) atoms. The molecule has 0 rings (SSSR count). The minimum absolute atomic E-state index is 0.222. The maximum atomic E-state index is 12.8. The Bertz CT molecular complexity index is 1370. The van der Waals surface area contributed by atoms with E-state index in [-0.39, 0.29) is 24.1 Å². The van der Waals surface area contributed by atoms with Crippen LogP contribution in [0.2, 0.25) is 24.2 Å². The van der Waals surface area contributed by atoms with Gasteiger partial charge in [0, 0.05) is 156 Å². The summed E-state index contributed by atoms with van der Waals surface area (Å²) >= 11 is 0. The third-order valence-electron chi connectivity index (χ3n) is 13.1. The van der Waals surface area contributed by atoms with Crippen LogP contribution in [-0.2, 0) is 53.1 Å². The highest BCUT2D eigenvalue weighted by Crippen LogP contribution is 2.21. The molecule has 0 aromatic heterocycles. The van der Waals surface area contributed by atoms with Gasteiger partial charge >= 0.3 is 59.3 Å². The standard InChI is InChI=1S/C56H124N10O16Si4/c1-13-71-83(72-14-2,73-15-3)49-31-39-61-53(67)57-35-27-45-65(46-28-36-58-54(68)62-40-32-50-84(74-16-4,75-17-5)76-18-6)43-25-26-44-66(47-29-37-59-55(69)63-41-33-51-85(77-19-7,78-20-8)79-21-9)48-30-38-60-56(70)64-42-34-52-86(80-22-10,81-23-11)82-24-12/h13-52H2,1-12H3,(H2,57,61,67)(H2,58,62,68)(H2,59,63,69)(H2,60,64,70). The molecule has 0 spiro atoms. The van der Waals surface area contributed by atoms with E-state index in [2.05, 4.69) is 52.3 Å². The van der Waals surface area contributed by atoms with Crippen LogP contribution in [0.5, 0.6) is 0 Å². The van der Waals surface area contributed by atoms with Gasteiger partial charge in [-0.2, -0.15) is 0 Å². The molecule has 0 saturated carbocycles. The topological polar surface area (TPSA) is 282 Å². The Morgan fingerprint density at radius 2 is 0.372 bits per heavy atom. The van der Waals surface area contributed by atoms with E-state index in [4.69, 9.17) is 53.1 Å². The number of carbonyl (C=O) groups excluding carboxylic acids is 4. The highest BCUT2D eigenvalue weighted by atomic mass is 28.4. The van der Waals surface area contributed by atoms with Crippen LogP contribution in [-0.4, -0.2) is 240 Å². The molecule has 0 aliphatic rings. The van der Waals surface area contributed by atoms with Crippen LogP contribution in [0.1, 0.15) is 147 Å². The van der Waals surface area contributed by atoms with E-state index in [1.165, 1.54) is 0 Å². The molecule has 0 atom stereocenters. The first kappa shape index (κ1) is 83.4. The normalized spacial score (nSPS) is 12.2. The zero-order valence-electron chi connectivity index (χ0n) is 55.7. The molecule has 0 saturated heterocycles. The fourth-order valence-corrected chi connectivity index (χ4v) is 20.1. The third kappa shape index (κ3) is 41.6. The van der Waals surface area contributed by atoms with Gasteiger partial charge in [0.05, 0.1) is 0 Å². The number of amides is 8. The van der Waals surface area contributed by atoms with Crippen molar-refractivity contribution in [2.75, 3.05) is 171 Å². The fraction of sp³-hybridized carbons (Fsp3) is 0.929. The number of unbranched alkanes of at least 4 members (excludes halogenated alkanes) is 1. The van der Waals surface area contributed by atoms with Crippen LogP contribution in [0.4, 0.5) is 19.2 Å². The maximum Gasteiger partial charge on any atom is 0.500 e. The first-order valence-electron chi connectivity index (χ1n) is 32.9. The van der Waals surface area contributed by atoms with Crippen LogP contribution in [0.15, 0.2) is 0 Å². The average molecular weight is 1310 g/mol. The second-order valence-corrected chi connectivity index (χ2v) is 30.8. The van der Waals surface area contributed by atoms with Crippen molar-refractivity contribution in [2.45, 2.75) is 171 Å². The van der Waals surface area contributed by atoms with Gasteiger partial charge in [-0.3, -0.25) is 0 Å². The lowest BCUT2D eigenvalue weighted by atomic mass is 10.2. The Morgan fingerprint density at radius 3 is 0.523 bits per heavy atom. The highest BCUT2D eigenvalue weighted by Gasteiger charge is 2.42. The molecule has 8 amide bonds. The van der Waals surface area contributed by atoms with Gasteiger partial charge in [0.2, 0.25) is 0 Å². The maximum absolute atomic E-state index is 12.8. The summed E-state index contributed by atoms with van der Waals surface area (Å²) in [5, 5.41) is 23.9. The van der Waals surface area contributed by atoms with Gasteiger partial charge in [0.25, 0.3) is 0 Å². The van der Waals surface area contributed by atoms with Crippen molar-refractivity contribution >= 4 is 59.3 Å². The monoisotopic (exact) mass is 1300 g/mol. The summed E-state index contributed by atoms with van der Waals surface area (Å²) in [4.78, 5) is 56.2. The SMILES string of the molecule is CCO[Si](CCCNC(=O)NCCCN(CCCCN(CCCNC(=O)NCCC[Si](OCC)(OCC)OCC)CCCNC(=O)NCCC[Si](OCC)(OCC)OCC)CCCNC(=O)NCCC[Si](OCC)(OCC)OCC)(OCC)OCC. The van der Waals surface area contributed by atoms with Crippen LogP contribution in [0.3, 0.4) is 0 Å². The lowest BCUT2D eigenvalue weighted by molar-refractivity contribution is 0.0700. The number of nitrogens with zero attached hydrogens (tertiary/aromatic N) is 2. The third-order valence-corrected chi connectivity index (χ3v) is 25.7. The van der Waals surface area contributed by atoms with E-state index < -0.39 is 35.2 Å². The second kappa shape index (κ2) is 55.2. The molecule has 510 valence electrons. The summed E-state index contributed by atoms with van der Waals surface area (Å²) in [6.45, 7) is 37.8. The molecular formula is C56H124N10O16Si4. The zero-order valence-corrected chi connectivity index (χ0v) is 59.7. The number of carbonyl (C=O) groups is 4. The van der Waals surface area contributed by atoms with Crippen molar-refractivity contribution in [3.05, 3.63) is 0 Å². The molecule has 0 aromatic rings. The number of rotatable bonds is 61. The molecule has 0 radical (unpaired) electrons. The fourth-order valence-electron chi connectivity index (χ4n) is 9.64. The largest absolute Gasteiger partial charge is 0.500 e. The molecule has 0 heterocycles. The van der Waals surface area contributed by atoms with E-state index in [1.54, 1.807) is 0 Å². The molecule has 0 fully saturated rings. The average Bonchev–Trinajstić information content (AvgIpc) is 3.65. The number of hydrogen-bond acceptors (Lipinski definition) is 18. The Morgan fingerprint density at radius 1 is 0.233 bits per heavy atom. The van der Waals surface area contributed by atoms with Gasteiger partial charge in [0.15, 0.2) is 0 Å². The summed E-state index contributed by atoms with van der Waals surface area (Å²) < 4.78 is 71.6. The van der Waals surface area contributed by atoms with Gasteiger partial charge in [0.1, 0.15) is 0 Å². The van der Waals surface area contributed by atoms with Crippen molar-refractivity contribution < 1.29 is 72.3 Å². The predicted octanol–water partition coefficient (Wildman–Crippen LogP) is 6.88. The van der Waals surface area contributed by atoms with Gasteiger partial charge < -0.3 is 105 Å². The van der Waals surface area contributed by atoms with Crippen molar-refractivity contribution in [1.82, 2.24) is 52.3 Å². The number of nitrogens with one attached hydrogen (secondary N) is 8. The molecule has 0 aromatic carbocycles. The molecule has 0 bridgehead atoms. The molecule has 0 aliphatic carbocycles. The summed E-state index contributed by atoms with van der Waals surface area (Å²) in [6, 6.07) is 1.58. The number of urea groups is 4. The van der Waals surface area contributed by atoms with Gasteiger partial charge in [-0.05, 0) is 187 Å². The molecular weight excluding hydrogens is 1180 g/mol. The zero-order chi connectivity index (χ0) is 63.9. The Balaban J connectivity index is 5.74. The van der Waals surface area contributed by atoms with E-state index in [0.717, 1.165) is 77.8 Å². The smallest absolute Gasteiger partial charge is 0.374 e. The molecule has 26 nitrogen and oxygen atoms in total. The van der Waals surface area contributed by atoms with Gasteiger partial charge in [-0.25, -0.2) is 19.2 Å². The number of hydrogen-bond donors (Lipinski definition) is 8. The first-order chi connectivity index (χ1) is 41.7. The van der Waals surface area contributed by atoms with E-state index in [0.29, 0.717) is 182 Å². The van der Waals surface area contributed by atoms with E-state index >= 15 is 0 Å². The van der Waals surface area contributed by atoms with Gasteiger partial charge in [-0.1, -0.05) is 0 Å². The van der Waals surface area contributed by atoms with Crippen LogP contribution < -0.4 is 42.5 Å². The first-order valence-corrected chi connectivity index (χ1v) is 40.6. The Labute approximate surface area is 524 Å².